The zero-order valence-corrected chi connectivity index (χ0v) is 14.7. The van der Waals surface area contributed by atoms with Crippen LogP contribution < -0.4 is 5.32 Å². The van der Waals surface area contributed by atoms with Gasteiger partial charge in [0.05, 0.1) is 0 Å². The first-order valence-corrected chi connectivity index (χ1v) is 8.53. The van der Waals surface area contributed by atoms with Gasteiger partial charge in [-0.05, 0) is 30.4 Å². The van der Waals surface area contributed by atoms with Gasteiger partial charge >= 0.3 is 0 Å². The molecule has 1 fully saturated rings. The second-order valence-electron chi connectivity index (χ2n) is 6.96. The maximum atomic E-state index is 6.42. The van der Waals surface area contributed by atoms with Crippen molar-refractivity contribution in [2.24, 2.45) is 11.8 Å². The quantitative estimate of drug-likeness (QED) is 0.889. The van der Waals surface area contributed by atoms with Crippen molar-refractivity contribution in [2.45, 2.75) is 52.7 Å². The van der Waals surface area contributed by atoms with Crippen LogP contribution >= 0.6 is 11.6 Å². The van der Waals surface area contributed by atoms with Crippen LogP contribution in [0.25, 0.3) is 0 Å². The summed E-state index contributed by atoms with van der Waals surface area (Å²) in [6.45, 7) is 13.7. The minimum Gasteiger partial charge on any atom is -0.311 e. The lowest BCUT2D eigenvalue weighted by Gasteiger charge is -2.46. The van der Waals surface area contributed by atoms with Gasteiger partial charge in [0.15, 0.2) is 0 Å². The molecule has 1 saturated heterocycles. The monoisotopic (exact) mass is 308 g/mol. The molecular formula is C18H29ClN2. The Hall–Kier alpha value is -0.570. The summed E-state index contributed by atoms with van der Waals surface area (Å²) in [7, 11) is 0. The van der Waals surface area contributed by atoms with Crippen molar-refractivity contribution in [3.63, 3.8) is 0 Å². The highest BCUT2D eigenvalue weighted by molar-refractivity contribution is 6.31. The lowest BCUT2D eigenvalue weighted by atomic mass is 9.91. The molecule has 2 rings (SSSR count). The van der Waals surface area contributed by atoms with Crippen LogP contribution in [0.2, 0.25) is 5.02 Å². The molecule has 0 amide bonds. The number of hydrogen-bond donors (Lipinski definition) is 1. The second kappa shape index (κ2) is 7.13. The topological polar surface area (TPSA) is 15.3 Å². The molecule has 0 bridgehead atoms. The maximum Gasteiger partial charge on any atom is 0.0453 e. The van der Waals surface area contributed by atoms with Gasteiger partial charge < -0.3 is 5.32 Å². The van der Waals surface area contributed by atoms with Gasteiger partial charge in [0, 0.05) is 36.2 Å². The molecule has 1 aromatic rings. The molecule has 3 unspecified atom stereocenters. The van der Waals surface area contributed by atoms with E-state index in [-0.39, 0.29) is 0 Å². The van der Waals surface area contributed by atoms with Crippen LogP contribution in [0.3, 0.4) is 0 Å². The SMILES string of the molecule is CC(C)C1CN(C(C)c2ccccc2Cl)C(C(C)C)CN1. The van der Waals surface area contributed by atoms with E-state index in [9.17, 15) is 0 Å². The van der Waals surface area contributed by atoms with Gasteiger partial charge in [-0.2, -0.15) is 0 Å². The Labute approximate surface area is 134 Å². The largest absolute Gasteiger partial charge is 0.311 e. The fourth-order valence-corrected chi connectivity index (χ4v) is 3.61. The summed E-state index contributed by atoms with van der Waals surface area (Å²) in [4.78, 5) is 2.65. The van der Waals surface area contributed by atoms with E-state index < -0.39 is 0 Å². The molecule has 1 heterocycles. The number of rotatable bonds is 4. The van der Waals surface area contributed by atoms with E-state index >= 15 is 0 Å². The number of halogens is 1. The van der Waals surface area contributed by atoms with Gasteiger partial charge in [-0.25, -0.2) is 0 Å². The average molecular weight is 309 g/mol. The van der Waals surface area contributed by atoms with Crippen LogP contribution in [-0.4, -0.2) is 30.1 Å². The molecular weight excluding hydrogens is 280 g/mol. The number of nitrogens with zero attached hydrogens (tertiary/aromatic N) is 1. The van der Waals surface area contributed by atoms with E-state index in [1.807, 2.05) is 12.1 Å². The summed E-state index contributed by atoms with van der Waals surface area (Å²) < 4.78 is 0. The van der Waals surface area contributed by atoms with Crippen LogP contribution in [0, 0.1) is 11.8 Å². The van der Waals surface area contributed by atoms with E-state index in [4.69, 9.17) is 11.6 Å². The Bertz CT molecular complexity index is 458. The third-order valence-corrected chi connectivity index (χ3v) is 5.19. The molecule has 2 nitrogen and oxygen atoms in total. The first kappa shape index (κ1) is 16.8. The summed E-state index contributed by atoms with van der Waals surface area (Å²) in [6, 6.07) is 9.74. The second-order valence-corrected chi connectivity index (χ2v) is 7.37. The first-order chi connectivity index (χ1) is 9.91. The van der Waals surface area contributed by atoms with Crippen LogP contribution in [0.5, 0.6) is 0 Å². The van der Waals surface area contributed by atoms with Crippen molar-refractivity contribution < 1.29 is 0 Å². The maximum absolute atomic E-state index is 6.42. The fraction of sp³-hybridized carbons (Fsp3) is 0.667. The summed E-state index contributed by atoms with van der Waals surface area (Å²) in [5, 5.41) is 4.61. The summed E-state index contributed by atoms with van der Waals surface area (Å²) >= 11 is 6.42. The van der Waals surface area contributed by atoms with E-state index in [0.717, 1.165) is 18.1 Å². The van der Waals surface area contributed by atoms with E-state index in [1.165, 1.54) is 5.56 Å². The lowest BCUT2D eigenvalue weighted by Crippen LogP contribution is -2.60. The molecule has 1 aliphatic rings. The average Bonchev–Trinajstić information content (AvgIpc) is 2.46. The van der Waals surface area contributed by atoms with Crippen molar-refractivity contribution in [2.75, 3.05) is 13.1 Å². The lowest BCUT2D eigenvalue weighted by molar-refractivity contribution is 0.0513. The normalized spacial score (nSPS) is 25.5. The highest BCUT2D eigenvalue weighted by Crippen LogP contribution is 2.32. The summed E-state index contributed by atoms with van der Waals surface area (Å²) in [5.41, 5.74) is 1.24. The smallest absolute Gasteiger partial charge is 0.0453 e. The standard InChI is InChI=1S/C18H29ClN2/c1-12(2)17-11-21(18(10-20-17)13(3)4)14(5)15-8-6-7-9-16(15)19/h6-9,12-14,17-18,20H,10-11H2,1-5H3. The molecule has 0 saturated carbocycles. The van der Waals surface area contributed by atoms with Crippen molar-refractivity contribution in [3.05, 3.63) is 34.9 Å². The molecule has 1 aliphatic heterocycles. The minimum absolute atomic E-state index is 0.356. The van der Waals surface area contributed by atoms with Crippen LogP contribution in [0.1, 0.15) is 46.2 Å². The predicted molar refractivity (Wildman–Crippen MR) is 91.8 cm³/mol. The van der Waals surface area contributed by atoms with Gasteiger partial charge in [-0.1, -0.05) is 57.5 Å². The number of benzene rings is 1. The molecule has 3 heteroatoms. The summed E-state index contributed by atoms with van der Waals surface area (Å²) in [5.74, 6) is 1.29. The Morgan fingerprint density at radius 2 is 1.76 bits per heavy atom. The highest BCUT2D eigenvalue weighted by Gasteiger charge is 2.34. The first-order valence-electron chi connectivity index (χ1n) is 8.15. The third kappa shape index (κ3) is 3.80. The Balaban J connectivity index is 2.25. The van der Waals surface area contributed by atoms with Crippen molar-refractivity contribution in [1.29, 1.82) is 0 Å². The van der Waals surface area contributed by atoms with Crippen LogP contribution in [0.4, 0.5) is 0 Å². The Morgan fingerprint density at radius 1 is 1.10 bits per heavy atom. The van der Waals surface area contributed by atoms with Gasteiger partial charge in [-0.15, -0.1) is 0 Å². The van der Waals surface area contributed by atoms with Gasteiger partial charge in [0.25, 0.3) is 0 Å². The zero-order chi connectivity index (χ0) is 15.6. The van der Waals surface area contributed by atoms with Crippen molar-refractivity contribution >= 4 is 11.6 Å². The van der Waals surface area contributed by atoms with Gasteiger partial charge in [0.2, 0.25) is 0 Å². The molecule has 1 aromatic carbocycles. The zero-order valence-electron chi connectivity index (χ0n) is 13.9. The van der Waals surface area contributed by atoms with Crippen LogP contribution in [0.15, 0.2) is 24.3 Å². The molecule has 3 atom stereocenters. The molecule has 21 heavy (non-hydrogen) atoms. The number of piperazine rings is 1. The minimum atomic E-state index is 0.356. The molecule has 0 aliphatic carbocycles. The molecule has 0 spiro atoms. The Kier molecular flexibility index (Phi) is 5.70. The summed E-state index contributed by atoms with van der Waals surface area (Å²) in [6.07, 6.45) is 0. The highest BCUT2D eigenvalue weighted by atomic mass is 35.5. The van der Waals surface area contributed by atoms with Crippen molar-refractivity contribution in [3.8, 4) is 0 Å². The number of nitrogens with one attached hydrogen (secondary N) is 1. The number of hydrogen-bond acceptors (Lipinski definition) is 2. The predicted octanol–water partition coefficient (Wildman–Crippen LogP) is 4.36. The van der Waals surface area contributed by atoms with Gasteiger partial charge in [0.1, 0.15) is 0 Å². The molecule has 1 N–H and O–H groups in total. The van der Waals surface area contributed by atoms with Gasteiger partial charge in [-0.3, -0.25) is 4.90 Å². The van der Waals surface area contributed by atoms with Crippen molar-refractivity contribution in [1.82, 2.24) is 10.2 Å². The van der Waals surface area contributed by atoms with E-state index in [1.54, 1.807) is 0 Å². The van der Waals surface area contributed by atoms with E-state index in [0.29, 0.717) is 30.0 Å². The molecule has 0 aromatic heterocycles. The molecule has 0 radical (unpaired) electrons. The fourth-order valence-electron chi connectivity index (χ4n) is 3.32. The Morgan fingerprint density at radius 3 is 2.33 bits per heavy atom. The molecule has 118 valence electrons. The van der Waals surface area contributed by atoms with Crippen LogP contribution in [-0.2, 0) is 0 Å². The van der Waals surface area contributed by atoms with E-state index in [2.05, 4.69) is 57.0 Å². The third-order valence-electron chi connectivity index (χ3n) is 4.85.